The van der Waals surface area contributed by atoms with Crippen molar-refractivity contribution >= 4 is 5.91 Å². The fraction of sp³-hybridized carbons (Fsp3) is 0.947. The van der Waals surface area contributed by atoms with Crippen molar-refractivity contribution in [3.63, 3.8) is 0 Å². The van der Waals surface area contributed by atoms with Crippen molar-refractivity contribution in [2.45, 2.75) is 85.0 Å². The highest BCUT2D eigenvalue weighted by atomic mass is 16.5. The molecule has 0 saturated carbocycles. The molecule has 0 heterocycles. The second kappa shape index (κ2) is 20.4. The third kappa shape index (κ3) is 17.7. The molecule has 150 valence electrons. The first-order valence-corrected chi connectivity index (χ1v) is 9.79. The molecule has 0 radical (unpaired) electrons. The molecule has 5 nitrogen and oxygen atoms in total. The first-order valence-electron chi connectivity index (χ1n) is 9.79. The predicted molar refractivity (Wildman–Crippen MR) is 106 cm³/mol. The van der Waals surface area contributed by atoms with Gasteiger partial charge in [0.25, 0.3) is 0 Å². The number of hydrogen-bond acceptors (Lipinski definition) is 3. The van der Waals surface area contributed by atoms with Gasteiger partial charge in [0.15, 0.2) is 0 Å². The van der Waals surface area contributed by atoms with Crippen LogP contribution in [0, 0.1) is 5.92 Å². The lowest BCUT2D eigenvalue weighted by atomic mass is 9.96. The normalized spacial score (nSPS) is 11.8. The summed E-state index contributed by atoms with van der Waals surface area (Å²) in [4.78, 5) is 11.3. The van der Waals surface area contributed by atoms with Crippen LogP contribution in [0.1, 0.15) is 87.8 Å². The topological polar surface area (TPSA) is 81.9 Å². The quantitative estimate of drug-likeness (QED) is 0.308. The molecule has 0 saturated heterocycles. The zero-order valence-corrected chi connectivity index (χ0v) is 16.3. The molecular weight excluding hydrogens is 304 g/mol. The molecule has 5 heteroatoms. The molecule has 1 unspecified atom stereocenters. The molecule has 0 rings (SSSR count). The van der Waals surface area contributed by atoms with Crippen molar-refractivity contribution in [1.29, 1.82) is 0 Å². The van der Waals surface area contributed by atoms with Crippen LogP contribution in [-0.2, 0) is 9.53 Å². The Labute approximate surface area is 152 Å². The highest BCUT2D eigenvalue weighted by Gasteiger charge is 2.08. The minimum Gasteiger partial charge on any atom is -0.412 e. The van der Waals surface area contributed by atoms with Crippen LogP contribution in [-0.4, -0.2) is 37.8 Å². The van der Waals surface area contributed by atoms with Crippen molar-refractivity contribution in [3.8, 4) is 0 Å². The van der Waals surface area contributed by atoms with Crippen molar-refractivity contribution < 1.29 is 17.9 Å². The van der Waals surface area contributed by atoms with Crippen LogP contribution in [0.15, 0.2) is 0 Å². The van der Waals surface area contributed by atoms with Gasteiger partial charge in [-0.2, -0.15) is 0 Å². The molecular formula is C19H46N2O3. The number of hydrogen-bond donors (Lipinski definition) is 2. The van der Waals surface area contributed by atoms with E-state index in [0.717, 1.165) is 19.6 Å². The van der Waals surface area contributed by atoms with E-state index in [1.807, 2.05) is 6.92 Å². The molecule has 4 N–H and O–H groups in total. The zero-order valence-electron chi connectivity index (χ0n) is 16.3. The van der Waals surface area contributed by atoms with Crippen molar-refractivity contribution in [2.75, 3.05) is 26.4 Å². The lowest BCUT2D eigenvalue weighted by Crippen LogP contribution is -2.32. The Morgan fingerprint density at radius 3 is 2.33 bits per heavy atom. The van der Waals surface area contributed by atoms with Crippen LogP contribution in [0.25, 0.3) is 0 Å². The number of unbranched alkanes of at least 4 members (excludes halogenated alkanes) is 4. The molecule has 0 aromatic carbocycles. The van der Waals surface area contributed by atoms with Crippen LogP contribution in [0.3, 0.4) is 0 Å². The van der Waals surface area contributed by atoms with E-state index in [4.69, 9.17) is 4.74 Å². The Morgan fingerprint density at radius 2 is 1.67 bits per heavy atom. The molecule has 0 aliphatic rings. The summed E-state index contributed by atoms with van der Waals surface area (Å²) in [6.07, 6.45) is 12.0. The highest BCUT2D eigenvalue weighted by molar-refractivity contribution is 5.75. The summed E-state index contributed by atoms with van der Waals surface area (Å²) in [5.41, 5.74) is 0. The van der Waals surface area contributed by atoms with Crippen molar-refractivity contribution in [1.82, 2.24) is 10.6 Å². The Balaban J connectivity index is -0.000000807. The molecule has 24 heavy (non-hydrogen) atoms. The Morgan fingerprint density at radius 1 is 0.958 bits per heavy atom. The van der Waals surface area contributed by atoms with E-state index in [0.29, 0.717) is 25.6 Å². The van der Waals surface area contributed by atoms with Gasteiger partial charge in [-0.05, 0) is 25.2 Å². The lowest BCUT2D eigenvalue weighted by Gasteiger charge is -2.17. The number of nitrogens with one attached hydrogen (secondary N) is 2. The van der Waals surface area contributed by atoms with Crippen LogP contribution in [0.5, 0.6) is 0 Å². The molecule has 0 aliphatic heterocycles. The molecule has 0 aromatic rings. The van der Waals surface area contributed by atoms with E-state index in [1.54, 1.807) is 0 Å². The van der Waals surface area contributed by atoms with Gasteiger partial charge in [-0.15, -0.1) is 0 Å². The summed E-state index contributed by atoms with van der Waals surface area (Å²) >= 11 is 0. The third-order valence-corrected chi connectivity index (χ3v) is 4.09. The molecule has 1 atom stereocenters. The van der Waals surface area contributed by atoms with Crippen molar-refractivity contribution in [2.24, 2.45) is 5.92 Å². The van der Waals surface area contributed by atoms with E-state index in [2.05, 4.69) is 24.5 Å². The number of amides is 1. The number of carbonyl (C=O) groups is 1. The molecule has 1 amide bonds. The van der Waals surface area contributed by atoms with Gasteiger partial charge in [0.2, 0.25) is 5.91 Å². The van der Waals surface area contributed by atoms with Crippen molar-refractivity contribution in [3.05, 3.63) is 0 Å². The fourth-order valence-electron chi connectivity index (χ4n) is 2.64. The van der Waals surface area contributed by atoms with Gasteiger partial charge in [0.05, 0.1) is 13.3 Å². The second-order valence-electron chi connectivity index (χ2n) is 6.47. The standard InChI is InChI=1S/C19H40N2O2.H2O.2H2/c1-4-7-9-10-13-18(12-8-5-2)16-23-17-20-14-15-21-19(22)11-6-3;;;/h18,20H,4-17H2,1-3H3,(H,21,22);1H2;2*1H. The molecule has 0 fully saturated rings. The predicted octanol–water partition coefficient (Wildman–Crippen LogP) is 3.91. The summed E-state index contributed by atoms with van der Waals surface area (Å²) < 4.78 is 5.78. The minimum absolute atomic E-state index is 0. The van der Waals surface area contributed by atoms with Gasteiger partial charge in [0, 0.05) is 22.4 Å². The Hall–Kier alpha value is -0.650. The maximum atomic E-state index is 11.3. The van der Waals surface area contributed by atoms with Crippen LogP contribution in [0.2, 0.25) is 0 Å². The zero-order chi connectivity index (χ0) is 17.2. The van der Waals surface area contributed by atoms with E-state index in [9.17, 15) is 4.79 Å². The summed E-state index contributed by atoms with van der Waals surface area (Å²) in [5.74, 6) is 0.847. The van der Waals surface area contributed by atoms with E-state index >= 15 is 0 Å². The van der Waals surface area contributed by atoms with Crippen LogP contribution >= 0.6 is 0 Å². The van der Waals surface area contributed by atoms with Gasteiger partial charge in [-0.3, -0.25) is 10.1 Å². The maximum Gasteiger partial charge on any atom is 0.220 e. The third-order valence-electron chi connectivity index (χ3n) is 4.09. The Kier molecular flexibility index (Phi) is 21.7. The average molecular weight is 351 g/mol. The molecule has 0 aromatic heterocycles. The first kappa shape index (κ1) is 25.6. The average Bonchev–Trinajstić information content (AvgIpc) is 2.55. The summed E-state index contributed by atoms with van der Waals surface area (Å²) in [7, 11) is 0. The van der Waals surface area contributed by atoms with Gasteiger partial charge >= 0.3 is 0 Å². The van der Waals surface area contributed by atoms with Gasteiger partial charge in [-0.1, -0.05) is 59.3 Å². The summed E-state index contributed by atoms with van der Waals surface area (Å²) in [6.45, 7) is 9.42. The van der Waals surface area contributed by atoms with E-state index < -0.39 is 0 Å². The second-order valence-corrected chi connectivity index (χ2v) is 6.47. The molecule has 0 aliphatic carbocycles. The SMILES string of the molecule is CCCCCCC(CCCC)COCNCCNC(=O)CCC.O.[HH].[HH]. The van der Waals surface area contributed by atoms with Gasteiger partial charge < -0.3 is 15.5 Å². The van der Waals surface area contributed by atoms with Crippen LogP contribution in [0.4, 0.5) is 0 Å². The van der Waals surface area contributed by atoms with Gasteiger partial charge in [0.1, 0.15) is 0 Å². The summed E-state index contributed by atoms with van der Waals surface area (Å²) in [6, 6.07) is 0. The molecule has 0 spiro atoms. The number of ether oxygens (including phenoxy) is 1. The lowest BCUT2D eigenvalue weighted by molar-refractivity contribution is -0.121. The Bertz CT molecular complexity index is 273. The van der Waals surface area contributed by atoms with Gasteiger partial charge in [-0.25, -0.2) is 0 Å². The van der Waals surface area contributed by atoms with Crippen LogP contribution < -0.4 is 10.6 Å². The first-order chi connectivity index (χ1) is 11.2. The minimum atomic E-state index is 0. The number of carbonyl (C=O) groups excluding carboxylic acids is 1. The largest absolute Gasteiger partial charge is 0.412 e. The highest BCUT2D eigenvalue weighted by Crippen LogP contribution is 2.17. The summed E-state index contributed by atoms with van der Waals surface area (Å²) in [5, 5.41) is 6.13. The number of rotatable bonds is 17. The smallest absolute Gasteiger partial charge is 0.220 e. The fourth-order valence-corrected chi connectivity index (χ4v) is 2.64. The molecule has 0 bridgehead atoms. The van der Waals surface area contributed by atoms with E-state index in [1.165, 1.54) is 51.4 Å². The maximum absolute atomic E-state index is 11.3. The van der Waals surface area contributed by atoms with E-state index in [-0.39, 0.29) is 14.2 Å². The monoisotopic (exact) mass is 350 g/mol.